The molecule has 2 aromatic rings. The lowest BCUT2D eigenvalue weighted by molar-refractivity contribution is 0.0999. The third-order valence-electron chi connectivity index (χ3n) is 4.01. The predicted molar refractivity (Wildman–Crippen MR) is 87.4 cm³/mol. The molecule has 0 aromatic heterocycles. The SMILES string of the molecule is Cc1cccc(C(=O)CN2CCN(C)c3ccccc32)c1. The summed E-state index contributed by atoms with van der Waals surface area (Å²) in [6.07, 6.45) is 0. The molecule has 0 saturated carbocycles. The van der Waals surface area contributed by atoms with Crippen LogP contribution < -0.4 is 9.80 Å². The van der Waals surface area contributed by atoms with Crippen molar-refractivity contribution in [3.05, 3.63) is 59.7 Å². The molecule has 0 N–H and O–H groups in total. The Morgan fingerprint density at radius 1 is 1.05 bits per heavy atom. The number of benzene rings is 2. The highest BCUT2D eigenvalue weighted by Crippen LogP contribution is 2.31. The maximum absolute atomic E-state index is 12.5. The molecule has 0 fully saturated rings. The Hall–Kier alpha value is -2.29. The van der Waals surface area contributed by atoms with E-state index in [2.05, 4.69) is 29.0 Å². The number of para-hydroxylation sites is 2. The number of hydrogen-bond acceptors (Lipinski definition) is 3. The Morgan fingerprint density at radius 3 is 2.57 bits per heavy atom. The summed E-state index contributed by atoms with van der Waals surface area (Å²) in [5.74, 6) is 0.179. The van der Waals surface area contributed by atoms with Gasteiger partial charge in [0.1, 0.15) is 0 Å². The van der Waals surface area contributed by atoms with Crippen LogP contribution in [0.1, 0.15) is 15.9 Å². The van der Waals surface area contributed by atoms with Crippen LogP contribution in [0.15, 0.2) is 48.5 Å². The smallest absolute Gasteiger partial charge is 0.182 e. The number of aryl methyl sites for hydroxylation is 1. The summed E-state index contributed by atoms with van der Waals surface area (Å²) < 4.78 is 0. The van der Waals surface area contributed by atoms with Crippen LogP contribution in [0.25, 0.3) is 0 Å². The average molecular weight is 280 g/mol. The van der Waals surface area contributed by atoms with E-state index in [0.29, 0.717) is 6.54 Å². The molecule has 0 radical (unpaired) electrons. The minimum atomic E-state index is 0.179. The second-order valence-corrected chi connectivity index (χ2v) is 5.62. The van der Waals surface area contributed by atoms with Gasteiger partial charge in [0.15, 0.2) is 5.78 Å². The van der Waals surface area contributed by atoms with E-state index in [0.717, 1.165) is 29.9 Å². The zero-order valence-corrected chi connectivity index (χ0v) is 12.5. The first-order valence-corrected chi connectivity index (χ1v) is 7.30. The van der Waals surface area contributed by atoms with E-state index in [4.69, 9.17) is 0 Å². The number of likely N-dealkylation sites (N-methyl/N-ethyl adjacent to an activating group) is 1. The molecule has 3 rings (SSSR count). The molecule has 0 bridgehead atoms. The van der Waals surface area contributed by atoms with E-state index in [1.54, 1.807) is 0 Å². The normalized spacial score (nSPS) is 14.0. The quantitative estimate of drug-likeness (QED) is 0.807. The van der Waals surface area contributed by atoms with Crippen molar-refractivity contribution in [1.82, 2.24) is 0 Å². The number of ketones is 1. The average Bonchev–Trinajstić information content (AvgIpc) is 2.50. The molecule has 1 aliphatic rings. The number of Topliss-reactive ketones (excluding diaryl/α,β-unsaturated/α-hetero) is 1. The minimum absolute atomic E-state index is 0.179. The molecular formula is C18H20N2O. The van der Waals surface area contributed by atoms with Crippen molar-refractivity contribution >= 4 is 17.2 Å². The molecule has 3 heteroatoms. The fourth-order valence-corrected chi connectivity index (χ4v) is 2.81. The van der Waals surface area contributed by atoms with Gasteiger partial charge in [0, 0.05) is 25.7 Å². The molecule has 0 aliphatic carbocycles. The topological polar surface area (TPSA) is 23.6 Å². The highest BCUT2D eigenvalue weighted by Gasteiger charge is 2.21. The largest absolute Gasteiger partial charge is 0.371 e. The van der Waals surface area contributed by atoms with Crippen LogP contribution in [0.5, 0.6) is 0 Å². The number of rotatable bonds is 3. The fraction of sp³-hybridized carbons (Fsp3) is 0.278. The molecule has 3 nitrogen and oxygen atoms in total. The minimum Gasteiger partial charge on any atom is -0.371 e. The molecule has 0 amide bonds. The fourth-order valence-electron chi connectivity index (χ4n) is 2.81. The lowest BCUT2D eigenvalue weighted by atomic mass is 10.1. The van der Waals surface area contributed by atoms with Gasteiger partial charge in [0.05, 0.1) is 17.9 Å². The lowest BCUT2D eigenvalue weighted by Gasteiger charge is -2.36. The van der Waals surface area contributed by atoms with Crippen LogP contribution in [0.4, 0.5) is 11.4 Å². The van der Waals surface area contributed by atoms with Crippen LogP contribution in [-0.4, -0.2) is 32.5 Å². The number of carbonyl (C=O) groups is 1. The molecule has 21 heavy (non-hydrogen) atoms. The van der Waals surface area contributed by atoms with Crippen molar-refractivity contribution in [2.24, 2.45) is 0 Å². The van der Waals surface area contributed by atoms with Crippen LogP contribution in [-0.2, 0) is 0 Å². The van der Waals surface area contributed by atoms with Gasteiger partial charge < -0.3 is 9.80 Å². The number of fused-ring (bicyclic) bond motifs is 1. The van der Waals surface area contributed by atoms with E-state index >= 15 is 0 Å². The second-order valence-electron chi connectivity index (χ2n) is 5.62. The summed E-state index contributed by atoms with van der Waals surface area (Å²) in [5.41, 5.74) is 4.26. The van der Waals surface area contributed by atoms with Gasteiger partial charge >= 0.3 is 0 Å². The third kappa shape index (κ3) is 2.77. The van der Waals surface area contributed by atoms with E-state index in [1.165, 1.54) is 5.69 Å². The molecule has 0 unspecified atom stereocenters. The van der Waals surface area contributed by atoms with Crippen LogP contribution in [0, 0.1) is 6.92 Å². The van der Waals surface area contributed by atoms with Gasteiger partial charge in [0.25, 0.3) is 0 Å². The molecule has 0 atom stereocenters. The van der Waals surface area contributed by atoms with Gasteiger partial charge in [-0.1, -0.05) is 35.9 Å². The predicted octanol–water partition coefficient (Wildman–Crippen LogP) is 3.13. The van der Waals surface area contributed by atoms with Gasteiger partial charge in [-0.25, -0.2) is 0 Å². The van der Waals surface area contributed by atoms with Crippen molar-refractivity contribution in [2.45, 2.75) is 6.92 Å². The maximum atomic E-state index is 12.5. The zero-order valence-electron chi connectivity index (χ0n) is 12.5. The van der Waals surface area contributed by atoms with E-state index in [1.807, 2.05) is 43.3 Å². The Bertz CT molecular complexity index is 666. The Morgan fingerprint density at radius 2 is 1.81 bits per heavy atom. The van der Waals surface area contributed by atoms with Crippen LogP contribution >= 0.6 is 0 Å². The van der Waals surface area contributed by atoms with Gasteiger partial charge in [-0.3, -0.25) is 4.79 Å². The standard InChI is InChI=1S/C18H20N2O/c1-14-6-5-7-15(12-14)18(21)13-20-11-10-19(2)16-8-3-4-9-17(16)20/h3-9,12H,10-11,13H2,1-2H3. The zero-order chi connectivity index (χ0) is 14.8. The van der Waals surface area contributed by atoms with Crippen molar-refractivity contribution in [3.63, 3.8) is 0 Å². The van der Waals surface area contributed by atoms with E-state index in [9.17, 15) is 4.79 Å². The molecule has 1 aliphatic heterocycles. The molecule has 0 saturated heterocycles. The van der Waals surface area contributed by atoms with Crippen molar-refractivity contribution in [2.75, 3.05) is 36.5 Å². The summed E-state index contributed by atoms with van der Waals surface area (Å²) >= 11 is 0. The summed E-state index contributed by atoms with van der Waals surface area (Å²) in [6.45, 7) is 4.28. The Balaban J connectivity index is 1.83. The van der Waals surface area contributed by atoms with Gasteiger partial charge in [0.2, 0.25) is 0 Å². The molecule has 0 spiro atoms. The first kappa shape index (κ1) is 13.7. The van der Waals surface area contributed by atoms with Gasteiger partial charge in [-0.05, 0) is 25.1 Å². The van der Waals surface area contributed by atoms with Crippen molar-refractivity contribution in [3.8, 4) is 0 Å². The highest BCUT2D eigenvalue weighted by atomic mass is 16.1. The summed E-state index contributed by atoms with van der Waals surface area (Å²) in [6, 6.07) is 16.1. The molecule has 1 heterocycles. The van der Waals surface area contributed by atoms with Gasteiger partial charge in [-0.15, -0.1) is 0 Å². The summed E-state index contributed by atoms with van der Waals surface area (Å²) in [5, 5.41) is 0. The first-order chi connectivity index (χ1) is 10.1. The molecule has 108 valence electrons. The van der Waals surface area contributed by atoms with E-state index < -0.39 is 0 Å². The lowest BCUT2D eigenvalue weighted by Crippen LogP contribution is -2.41. The number of carbonyl (C=O) groups excluding carboxylic acids is 1. The number of anilines is 2. The Labute approximate surface area is 125 Å². The highest BCUT2D eigenvalue weighted by molar-refractivity contribution is 6.00. The van der Waals surface area contributed by atoms with Crippen molar-refractivity contribution < 1.29 is 4.79 Å². The van der Waals surface area contributed by atoms with Crippen molar-refractivity contribution in [1.29, 1.82) is 0 Å². The molecule has 2 aromatic carbocycles. The van der Waals surface area contributed by atoms with Crippen LogP contribution in [0.2, 0.25) is 0 Å². The van der Waals surface area contributed by atoms with Gasteiger partial charge in [-0.2, -0.15) is 0 Å². The molecular weight excluding hydrogens is 260 g/mol. The summed E-state index contributed by atoms with van der Waals surface area (Å²) in [4.78, 5) is 16.9. The first-order valence-electron chi connectivity index (χ1n) is 7.30. The van der Waals surface area contributed by atoms with Crippen LogP contribution in [0.3, 0.4) is 0 Å². The summed E-state index contributed by atoms with van der Waals surface area (Å²) in [7, 11) is 2.10. The van der Waals surface area contributed by atoms with E-state index in [-0.39, 0.29) is 5.78 Å². The second kappa shape index (κ2) is 5.60. The third-order valence-corrected chi connectivity index (χ3v) is 4.01. The number of nitrogens with zero attached hydrogens (tertiary/aromatic N) is 2. The monoisotopic (exact) mass is 280 g/mol. The Kier molecular flexibility index (Phi) is 3.65. The maximum Gasteiger partial charge on any atom is 0.182 e. The number of hydrogen-bond donors (Lipinski definition) is 0.